The summed E-state index contributed by atoms with van der Waals surface area (Å²) >= 11 is 3.03. The van der Waals surface area contributed by atoms with Crippen molar-refractivity contribution in [1.29, 1.82) is 0 Å². The Hall–Kier alpha value is -4.03. The number of aromatic nitrogens is 7. The fourth-order valence-electron chi connectivity index (χ4n) is 4.23. The van der Waals surface area contributed by atoms with Crippen molar-refractivity contribution in [3.63, 3.8) is 0 Å². The van der Waals surface area contributed by atoms with Crippen molar-refractivity contribution in [3.8, 4) is 5.75 Å². The van der Waals surface area contributed by atoms with E-state index in [9.17, 15) is 34.2 Å². The minimum Gasteiger partial charge on any atom is -0.543 e. The van der Waals surface area contributed by atoms with E-state index in [1.165, 1.54) is 36.6 Å². The molecule has 5 N–H and O–H groups in total. The van der Waals surface area contributed by atoms with Gasteiger partial charge in [0.15, 0.2) is 10.9 Å². The molecule has 0 spiro atoms. The molecule has 3 aromatic heterocycles. The molecule has 1 saturated heterocycles. The number of carboxylic acid groups (broad SMARTS) is 1. The molecular formula is C22H21N12NaO8S3. The number of hydrogen-bond donors (Lipinski definition) is 4. The van der Waals surface area contributed by atoms with Gasteiger partial charge >= 0.3 is 29.6 Å². The number of tetrazole rings is 1. The monoisotopic (exact) mass is 700 g/mol. The number of nitrogens with zero attached hydrogens (tertiary/aromatic N) is 9. The Labute approximate surface area is 292 Å². The summed E-state index contributed by atoms with van der Waals surface area (Å²) in [5.41, 5.74) is 7.31. The third kappa shape index (κ3) is 7.02. The molecule has 46 heavy (non-hydrogen) atoms. The average molecular weight is 701 g/mol. The summed E-state index contributed by atoms with van der Waals surface area (Å²) in [6.45, 7) is 1.20. The molecule has 2 aliphatic heterocycles. The Bertz CT molecular complexity index is 1820. The molecule has 1 fully saturated rings. The molecule has 0 aliphatic carbocycles. The van der Waals surface area contributed by atoms with Gasteiger partial charge in [0.2, 0.25) is 22.1 Å². The van der Waals surface area contributed by atoms with E-state index in [4.69, 9.17) is 10.6 Å². The first-order valence-corrected chi connectivity index (χ1v) is 15.3. The summed E-state index contributed by atoms with van der Waals surface area (Å²) in [6, 6.07) is 0.0335. The number of amides is 3. The normalized spacial score (nSPS) is 17.5. The molecule has 3 aromatic rings. The zero-order valence-corrected chi connectivity index (χ0v) is 28.5. The second kappa shape index (κ2) is 14.6. The SMILES string of the molecule is CO/N=C(\C(=O)N[C@@H]1C(=O)N2C(C(=O)[O-])=C(CSc3nnnn3NC(=O)Cn3ccc(=O)c(O)c3C)CS[C@@H]12)c1nsc(N)n1.[Na+]. The third-order valence-corrected chi connectivity index (χ3v) is 9.24. The molecule has 0 radical (unpaired) electrons. The second-order valence-electron chi connectivity index (χ2n) is 9.12. The summed E-state index contributed by atoms with van der Waals surface area (Å²) in [6.07, 6.45) is 1.35. The summed E-state index contributed by atoms with van der Waals surface area (Å²) < 4.78 is 5.28. The van der Waals surface area contributed by atoms with Crippen molar-refractivity contribution in [2.75, 3.05) is 29.8 Å². The van der Waals surface area contributed by atoms with Gasteiger partial charge in [0.1, 0.15) is 25.1 Å². The van der Waals surface area contributed by atoms with Crippen molar-refractivity contribution in [2.24, 2.45) is 5.16 Å². The van der Waals surface area contributed by atoms with Gasteiger partial charge in [0.25, 0.3) is 17.7 Å². The van der Waals surface area contributed by atoms with E-state index in [1.54, 1.807) is 0 Å². The van der Waals surface area contributed by atoms with Crippen LogP contribution in [0.3, 0.4) is 0 Å². The largest absolute Gasteiger partial charge is 1.00 e. The summed E-state index contributed by atoms with van der Waals surface area (Å²) in [5.74, 6) is -4.11. The van der Waals surface area contributed by atoms with Gasteiger partial charge in [-0.25, -0.2) is 5.43 Å². The molecule has 3 amide bonds. The van der Waals surface area contributed by atoms with Crippen LogP contribution < -0.4 is 56.6 Å². The van der Waals surface area contributed by atoms with E-state index < -0.39 is 46.3 Å². The number of anilines is 1. The van der Waals surface area contributed by atoms with Crippen LogP contribution in [0.5, 0.6) is 5.75 Å². The Morgan fingerprint density at radius 2 is 2.09 bits per heavy atom. The van der Waals surface area contributed by atoms with Crippen LogP contribution in [0.25, 0.3) is 0 Å². The zero-order valence-electron chi connectivity index (χ0n) is 24.1. The molecule has 0 bridgehead atoms. The van der Waals surface area contributed by atoms with E-state index in [0.29, 0.717) is 5.57 Å². The molecule has 0 unspecified atom stereocenters. The maximum atomic E-state index is 13.1. The van der Waals surface area contributed by atoms with Crippen LogP contribution >= 0.6 is 35.1 Å². The van der Waals surface area contributed by atoms with Gasteiger partial charge in [0.05, 0.1) is 17.4 Å². The maximum absolute atomic E-state index is 13.1. The van der Waals surface area contributed by atoms with E-state index >= 15 is 0 Å². The Morgan fingerprint density at radius 3 is 2.76 bits per heavy atom. The van der Waals surface area contributed by atoms with Crippen molar-refractivity contribution >= 4 is 69.6 Å². The summed E-state index contributed by atoms with van der Waals surface area (Å²) in [7, 11) is 1.21. The van der Waals surface area contributed by atoms with E-state index in [1.807, 2.05) is 0 Å². The number of rotatable bonds is 11. The number of fused-ring (bicyclic) bond motifs is 1. The number of pyridine rings is 1. The Morgan fingerprint density at radius 1 is 1.33 bits per heavy atom. The van der Waals surface area contributed by atoms with E-state index in [2.05, 4.69) is 40.8 Å². The minimum atomic E-state index is -1.59. The first-order chi connectivity index (χ1) is 21.5. The van der Waals surface area contributed by atoms with Gasteiger partial charge < -0.3 is 35.5 Å². The third-order valence-electron chi connectivity index (χ3n) is 6.35. The van der Waals surface area contributed by atoms with Crippen LogP contribution in [0.1, 0.15) is 11.5 Å². The predicted molar refractivity (Wildman–Crippen MR) is 155 cm³/mol. The van der Waals surface area contributed by atoms with Gasteiger partial charge in [-0.05, 0) is 22.9 Å². The molecule has 0 aromatic carbocycles. The van der Waals surface area contributed by atoms with Crippen LogP contribution in [-0.4, -0.2) is 104 Å². The minimum absolute atomic E-state index is 0. The van der Waals surface area contributed by atoms with Crippen molar-refractivity contribution in [1.82, 2.24) is 44.5 Å². The fourth-order valence-corrected chi connectivity index (χ4v) is 6.98. The number of β-lactam (4-membered cyclic amide) rings is 1. The smallest absolute Gasteiger partial charge is 0.543 e. The summed E-state index contributed by atoms with van der Waals surface area (Å²) in [4.78, 5) is 72.9. The first-order valence-electron chi connectivity index (χ1n) is 12.5. The van der Waals surface area contributed by atoms with E-state index in [-0.39, 0.29) is 80.8 Å². The molecular weight excluding hydrogens is 680 g/mol. The molecule has 2 aliphatic rings. The number of nitrogens with two attached hydrogens (primary N) is 1. The zero-order chi connectivity index (χ0) is 32.4. The fraction of sp³-hybridized carbons (Fsp3) is 0.318. The number of nitrogen functional groups attached to an aromatic ring is 1. The van der Waals surface area contributed by atoms with Crippen molar-refractivity contribution < 1.29 is 63.8 Å². The van der Waals surface area contributed by atoms with Crippen LogP contribution in [0, 0.1) is 6.92 Å². The van der Waals surface area contributed by atoms with Gasteiger partial charge in [-0.3, -0.25) is 24.1 Å². The standard InChI is InChI=1S/C22H22N12O8S3.Na/c1-8-15(37)10(35)3-4-32(8)5-11(36)27-34-22(26-30-31-34)44-7-9-6-43-19-13(18(39)33(19)14(9)20(40)41)24-17(38)12(28-42-2)16-25-21(23)45-29-16;/h3-4,13,19,37H,5-7H2,1-2H3,(H,24,38)(H,27,36)(H,40,41)(H2,23,25,29);/q;+1/p-1/b28-12-;/t13-,19+;/m1./s1. The Kier molecular flexibility index (Phi) is 11.1. The van der Waals surface area contributed by atoms with Gasteiger partial charge in [-0.1, -0.05) is 22.0 Å². The van der Waals surface area contributed by atoms with Gasteiger partial charge in [-0.2, -0.15) is 9.36 Å². The quantitative estimate of drug-likeness (QED) is 0.0476. The summed E-state index contributed by atoms with van der Waals surface area (Å²) in [5, 5.41) is 38.7. The number of oxime groups is 1. The number of carbonyl (C=O) groups is 4. The topological polar surface area (TPSA) is 278 Å². The number of aliphatic carboxylic acids is 1. The number of carbonyl (C=O) groups excluding carboxylic acids is 4. The number of carboxylic acids is 1. The molecule has 0 saturated carbocycles. The second-order valence-corrected chi connectivity index (χ2v) is 11.9. The number of nitrogens with one attached hydrogen (secondary N) is 2. The van der Waals surface area contributed by atoms with Crippen LogP contribution in [0.4, 0.5) is 5.13 Å². The van der Waals surface area contributed by atoms with Gasteiger partial charge in [0, 0.05) is 35.3 Å². The number of hydrogen-bond acceptors (Lipinski definition) is 18. The predicted octanol–water partition coefficient (Wildman–Crippen LogP) is -6.40. The van der Waals surface area contributed by atoms with E-state index in [0.717, 1.165) is 39.1 Å². The maximum Gasteiger partial charge on any atom is 1.00 e. The molecule has 5 rings (SSSR count). The number of aromatic hydroxyl groups is 1. The van der Waals surface area contributed by atoms with Crippen LogP contribution in [-0.2, 0) is 30.6 Å². The van der Waals surface area contributed by atoms with Crippen LogP contribution in [0.15, 0.2) is 38.6 Å². The molecule has 20 nitrogen and oxygen atoms in total. The van der Waals surface area contributed by atoms with Gasteiger partial charge in [-0.15, -0.1) is 16.6 Å². The molecule has 5 heterocycles. The Balaban J connectivity index is 0.00000480. The average Bonchev–Trinajstić information content (AvgIpc) is 3.65. The molecule has 236 valence electrons. The number of thioether (sulfide) groups is 2. The first kappa shape index (κ1) is 34.8. The van der Waals surface area contributed by atoms with Crippen molar-refractivity contribution in [2.45, 2.75) is 30.0 Å². The molecule has 24 heteroatoms. The molecule has 2 atom stereocenters. The van der Waals surface area contributed by atoms with Crippen molar-refractivity contribution in [3.05, 3.63) is 45.3 Å². The van der Waals surface area contributed by atoms with Crippen LogP contribution in [0.2, 0.25) is 0 Å².